The summed E-state index contributed by atoms with van der Waals surface area (Å²) in [4.78, 5) is 65.6. The summed E-state index contributed by atoms with van der Waals surface area (Å²) in [7, 11) is -1.29. The largest absolute Gasteiger partial charge is 1.00 e. The second-order valence-electron chi connectivity index (χ2n) is 37.0. The number of ketones is 2. The van der Waals surface area contributed by atoms with Gasteiger partial charge in [-0.25, -0.2) is 45.2 Å². The Morgan fingerprint density at radius 3 is 1.10 bits per heavy atom. The molecule has 0 spiro atoms. The van der Waals surface area contributed by atoms with Gasteiger partial charge in [-0.15, -0.1) is 24.8 Å². The first-order valence-corrected chi connectivity index (χ1v) is 48.2. The van der Waals surface area contributed by atoms with Crippen molar-refractivity contribution in [2.75, 3.05) is 42.6 Å². The van der Waals surface area contributed by atoms with Gasteiger partial charge in [-0.3, -0.25) is 39.5 Å². The zero-order valence-corrected chi connectivity index (χ0v) is 86.2. The van der Waals surface area contributed by atoms with E-state index in [1.54, 1.807) is 150 Å². The van der Waals surface area contributed by atoms with Crippen molar-refractivity contribution >= 4 is 106 Å². The van der Waals surface area contributed by atoms with Gasteiger partial charge in [0.25, 0.3) is 0 Å². The van der Waals surface area contributed by atoms with E-state index in [-0.39, 0.29) is 142 Å². The standard InChI is InChI=1S/C32H30FN5O.C31H29FN6O.C16H20FN3OS.C16H18FN3.C12H12FN3.C4H6O.B.2ClH.Na.H/c1-20-15-30(38(37-20)27-7-5-23-11-14-35-21(2)28(23)18-27)31(39)17-26-16-25(6-8-29(26)33)32(36-19-22-3-4-22)24-9-12-34-13-10-24;1-19-14-28(38(37-19)25-6-4-21-10-13-35-31(33)26(21)17-25)29(39)16-24-15-23(5-7-27(24)32)30(36-18-20-2-3-20)22-8-11-34-12-9-22;1-16(2,3)22(21)20-15(11-6-8-19-9-7-11)12-4-5-13(17)14(18)10-12;17-14-4-3-13(9-15(14)18)16(20-10-11-1-2-11)12-5-7-19-8-6-12;13-10-2-1-9(7-11(10)14)12(15)8-3-5-16-6-4-8;5-3-4-1-2-4;;;;;/h5-16,18,22,32,36H,3-4,17,19H2,1-2H3;4-15,17,20,30,36H,2-3,16,18H2,1H3,(H2,33,35);4-10,15,20H,18H2,1-3H3;3-9,11,16,20H,1-2,10,18H2;1-7,12H,14-15H2;3-4H,1-2H2;;2*1H;;/q;;;;;;;;;+1;-1/t;;15?,22-;;;;;;;;/m..1......../s1. The van der Waals surface area contributed by atoms with Gasteiger partial charge in [0, 0.05) is 118 Å². The summed E-state index contributed by atoms with van der Waals surface area (Å²) in [6.45, 7) is 14.1. The molecule has 5 unspecified atom stereocenters. The Hall–Kier alpha value is -13.0. The Morgan fingerprint density at radius 1 is 0.414 bits per heavy atom. The Balaban J connectivity index is 0.000000190. The molecule has 9 aromatic heterocycles. The number of pyridine rings is 7. The molecule has 7 aromatic carbocycles. The van der Waals surface area contributed by atoms with Crippen LogP contribution in [0, 0.1) is 73.5 Å². The van der Waals surface area contributed by atoms with Gasteiger partial charge in [-0.2, -0.15) is 10.2 Å². The summed E-state index contributed by atoms with van der Waals surface area (Å²) in [6.07, 6.45) is 31.4. The number of halogens is 7. The predicted molar refractivity (Wildman–Crippen MR) is 566 cm³/mol. The summed E-state index contributed by atoms with van der Waals surface area (Å²) in [5.41, 5.74) is 44.0. The fourth-order valence-electron chi connectivity index (χ4n) is 16.1. The first-order chi connectivity index (χ1) is 68.1. The van der Waals surface area contributed by atoms with Crippen LogP contribution in [0.25, 0.3) is 32.9 Å². The number of nitrogens with two attached hydrogens (primary N) is 5. The molecule has 3 radical (unpaired) electrons. The van der Waals surface area contributed by atoms with Crippen LogP contribution in [0.15, 0.2) is 287 Å². The van der Waals surface area contributed by atoms with E-state index >= 15 is 8.78 Å². The van der Waals surface area contributed by atoms with Crippen molar-refractivity contribution in [1.82, 2.24) is 75.1 Å². The molecule has 16 aromatic rings. The van der Waals surface area contributed by atoms with Crippen molar-refractivity contribution in [3.05, 3.63) is 411 Å². The van der Waals surface area contributed by atoms with E-state index in [1.807, 2.05) is 157 Å². The van der Waals surface area contributed by atoms with Crippen LogP contribution < -0.4 is 78.9 Å². The number of benzene rings is 7. The second kappa shape index (κ2) is 52.7. The predicted octanol–water partition coefficient (Wildman–Crippen LogP) is 17.3. The Labute approximate surface area is 881 Å². The average molecular weight is 2030 g/mol. The van der Waals surface area contributed by atoms with E-state index in [4.69, 9.17) is 28.7 Å². The second-order valence-corrected chi connectivity index (χ2v) is 39.0. The number of aryl methyl sites for hydroxylation is 3. The molecule has 745 valence electrons. The third-order valence-corrected chi connectivity index (χ3v) is 26.4. The molecule has 9 heterocycles. The summed E-state index contributed by atoms with van der Waals surface area (Å²) in [5.74, 6) is 0.529. The van der Waals surface area contributed by atoms with Crippen molar-refractivity contribution in [3.63, 3.8) is 0 Å². The minimum absolute atomic E-state index is 0. The molecule has 4 aliphatic carbocycles. The third kappa shape index (κ3) is 31.0. The molecule has 0 amide bonds. The third-order valence-electron chi connectivity index (χ3n) is 24.8. The molecule has 14 N–H and O–H groups in total. The number of anilines is 4. The van der Waals surface area contributed by atoms with Crippen LogP contribution in [0.2, 0.25) is 0 Å². The van der Waals surface area contributed by atoms with Gasteiger partial charge >= 0.3 is 29.6 Å². The summed E-state index contributed by atoms with van der Waals surface area (Å²) >= 11 is 0. The fraction of sp³-hybridized carbons (Fsp3) is 0.261. The van der Waals surface area contributed by atoms with Crippen molar-refractivity contribution in [1.29, 1.82) is 0 Å². The van der Waals surface area contributed by atoms with E-state index in [0.29, 0.717) is 57.5 Å². The van der Waals surface area contributed by atoms with E-state index in [1.165, 1.54) is 68.9 Å². The van der Waals surface area contributed by atoms with Crippen LogP contribution in [-0.4, -0.2) is 109 Å². The number of nitrogens with zero attached hydrogens (tertiary/aromatic N) is 11. The molecule has 34 heteroatoms. The van der Waals surface area contributed by atoms with E-state index in [9.17, 15) is 31.8 Å². The SMILES string of the molecule is CC(C)(C)[S@@](=O)NC(c1ccncc1)c1ccc(F)c(N)c1.Cc1cc(C(=O)Cc2cc(C(NCC3CC3)c3ccncc3)ccc2F)n(-c2ccc3ccnc(C)c3c2)n1.Cc1cc(C(=O)Cc2cc(C(NCC3CC3)c3ccncc3)ccc2F)n(-c2ccc3ccnc(N)c3c2)n1.Cl.Cl.Nc1cc(C(N)c2ccncc2)ccc1F.Nc1cc(C(NCC2CC2)c2ccncc2)ccc1F.O=CC1CC1.[B].[H-].[Na+]. The first-order valence-electron chi connectivity index (χ1n) is 47.1. The normalized spacial score (nSPS) is 14.1. The number of aldehydes is 1. The van der Waals surface area contributed by atoms with Crippen LogP contribution in [-0.2, 0) is 28.6 Å². The van der Waals surface area contributed by atoms with E-state index < -0.39 is 39.0 Å². The van der Waals surface area contributed by atoms with Crippen molar-refractivity contribution in [2.24, 2.45) is 29.4 Å². The number of nitrogens with one attached hydrogen (secondary N) is 4. The summed E-state index contributed by atoms with van der Waals surface area (Å²) < 4.78 is 88.2. The Morgan fingerprint density at radius 2 is 0.745 bits per heavy atom. The number of aromatic nitrogens is 11. The quantitative estimate of drug-likeness (QED) is 0.00664. The zero-order chi connectivity index (χ0) is 99.4. The van der Waals surface area contributed by atoms with Gasteiger partial charge in [0.1, 0.15) is 52.6 Å². The van der Waals surface area contributed by atoms with Crippen molar-refractivity contribution in [2.45, 2.75) is 141 Å². The molecule has 0 bridgehead atoms. The molecule has 4 aliphatic rings. The van der Waals surface area contributed by atoms with Crippen LogP contribution in [0.3, 0.4) is 0 Å². The Bertz CT molecular complexity index is 6810. The fourth-order valence-corrected chi connectivity index (χ4v) is 16.9. The number of nitrogen functional groups attached to an aromatic ring is 4. The van der Waals surface area contributed by atoms with Gasteiger partial charge in [0.2, 0.25) is 0 Å². The van der Waals surface area contributed by atoms with Crippen LogP contribution in [0.1, 0.15) is 209 Å². The van der Waals surface area contributed by atoms with E-state index in [2.05, 4.69) is 65.8 Å². The van der Waals surface area contributed by atoms with Gasteiger partial charge in [-0.05, 0) is 366 Å². The summed E-state index contributed by atoms with van der Waals surface area (Å²) in [5, 5.41) is 23.8. The maximum absolute atomic E-state index is 15.1. The van der Waals surface area contributed by atoms with Gasteiger partial charge in [0.05, 0.1) is 85.8 Å². The maximum atomic E-state index is 15.1. The number of carbonyl (C=O) groups is 3. The zero-order valence-electron chi connectivity index (χ0n) is 82.7. The minimum Gasteiger partial charge on any atom is -1.00 e. The summed E-state index contributed by atoms with van der Waals surface area (Å²) in [6, 6.07) is 61.3. The molecular formula is C111H118BCl2F5N20NaO4S. The van der Waals surface area contributed by atoms with Crippen LogP contribution in [0.5, 0.6) is 0 Å². The van der Waals surface area contributed by atoms with Gasteiger partial charge in [0.15, 0.2) is 11.6 Å². The Kier molecular flexibility index (Phi) is 40.8. The van der Waals surface area contributed by atoms with Gasteiger partial charge in [-0.1, -0.05) is 54.6 Å². The molecule has 6 atom stereocenters. The number of Topliss-reactive ketones (excluding diaryl/α,β-unsaturated/α-hetero) is 2. The number of rotatable bonds is 30. The molecular weight excluding hydrogens is 1910 g/mol. The minimum atomic E-state index is -1.29. The van der Waals surface area contributed by atoms with Crippen molar-refractivity contribution < 1.29 is 71.5 Å². The molecule has 20 rings (SSSR count). The number of hydrogen-bond donors (Lipinski definition) is 9. The number of hydrogen-bond acceptors (Lipinski definition) is 21. The molecule has 4 fully saturated rings. The number of carbonyl (C=O) groups excluding carboxylic acids is 3. The molecule has 0 aliphatic heterocycles. The van der Waals surface area contributed by atoms with Gasteiger partial charge < -0.3 is 50.8 Å². The molecule has 0 saturated heterocycles. The number of fused-ring (bicyclic) bond motifs is 2. The molecule has 145 heavy (non-hydrogen) atoms. The van der Waals surface area contributed by atoms with E-state index in [0.717, 1.165) is 139 Å². The average Bonchev–Trinajstić information content (AvgIpc) is 1.77. The van der Waals surface area contributed by atoms with Crippen LogP contribution in [0.4, 0.5) is 44.8 Å². The smallest absolute Gasteiger partial charge is 1.00 e. The molecule has 4 saturated carbocycles. The topological polar surface area (TPSA) is 372 Å². The first kappa shape index (κ1) is 112. The van der Waals surface area contributed by atoms with Crippen LogP contribution >= 0.6 is 24.8 Å². The monoisotopic (exact) mass is 2030 g/mol. The molecule has 24 nitrogen and oxygen atoms in total. The maximum Gasteiger partial charge on any atom is 1.00 e. The van der Waals surface area contributed by atoms with Crippen molar-refractivity contribution in [3.8, 4) is 11.4 Å².